The largest absolute Gasteiger partial charge is 0.435 e. The lowest BCUT2D eigenvalue weighted by Crippen LogP contribution is -2.33. The number of piperidine rings is 1. The lowest BCUT2D eigenvalue weighted by Gasteiger charge is -2.31. The highest BCUT2D eigenvalue weighted by Crippen LogP contribution is 2.34. The van der Waals surface area contributed by atoms with Crippen LogP contribution in [-0.4, -0.2) is 42.5 Å². The first-order chi connectivity index (χ1) is 13.2. The summed E-state index contributed by atoms with van der Waals surface area (Å²) in [6, 6.07) is 3.78. The fraction of sp³-hybridized carbons (Fsp3) is 0.400. The van der Waals surface area contributed by atoms with Gasteiger partial charge in [0, 0.05) is 44.3 Å². The molecule has 1 fully saturated rings. The Hall–Kier alpha value is -2.80. The van der Waals surface area contributed by atoms with E-state index in [0.29, 0.717) is 11.8 Å². The highest BCUT2D eigenvalue weighted by atomic mass is 16.5. The molecule has 0 spiro atoms. The van der Waals surface area contributed by atoms with Crippen LogP contribution in [0.3, 0.4) is 0 Å². The Kier molecular flexibility index (Phi) is 5.11. The van der Waals surface area contributed by atoms with Gasteiger partial charge in [0.05, 0.1) is 17.7 Å². The van der Waals surface area contributed by atoms with Gasteiger partial charge in [0.15, 0.2) is 5.75 Å². The smallest absolute Gasteiger partial charge is 0.241 e. The van der Waals surface area contributed by atoms with Crippen molar-refractivity contribution in [1.29, 1.82) is 0 Å². The first-order valence-electron chi connectivity index (χ1n) is 9.28. The highest BCUT2D eigenvalue weighted by molar-refractivity contribution is 5.33. The minimum Gasteiger partial charge on any atom is -0.435 e. The molecule has 3 aromatic heterocycles. The van der Waals surface area contributed by atoms with Crippen LogP contribution in [0, 0.1) is 6.92 Å². The highest BCUT2D eigenvalue weighted by Gasteiger charge is 2.25. The van der Waals surface area contributed by atoms with Crippen LogP contribution in [0.25, 0.3) is 0 Å². The van der Waals surface area contributed by atoms with Crippen molar-refractivity contribution in [3.63, 3.8) is 0 Å². The van der Waals surface area contributed by atoms with Crippen LogP contribution in [0.15, 0.2) is 43.2 Å². The zero-order valence-corrected chi connectivity index (χ0v) is 15.7. The maximum Gasteiger partial charge on any atom is 0.241 e. The van der Waals surface area contributed by atoms with Gasteiger partial charge in [-0.3, -0.25) is 14.9 Å². The molecule has 0 radical (unpaired) electrons. The SMILES string of the molecule is Cc1ncccc1Oc1nccnc1C1CCN(Cc2cncn2C)CC1. The maximum absolute atomic E-state index is 6.06. The van der Waals surface area contributed by atoms with Crippen molar-refractivity contribution in [2.75, 3.05) is 13.1 Å². The third kappa shape index (κ3) is 3.98. The monoisotopic (exact) mass is 364 g/mol. The molecule has 1 aliphatic heterocycles. The molecule has 0 atom stereocenters. The van der Waals surface area contributed by atoms with Crippen molar-refractivity contribution in [3.8, 4) is 11.6 Å². The van der Waals surface area contributed by atoms with Gasteiger partial charge >= 0.3 is 0 Å². The van der Waals surface area contributed by atoms with Crippen LogP contribution in [0.5, 0.6) is 11.6 Å². The summed E-state index contributed by atoms with van der Waals surface area (Å²) in [5, 5.41) is 0. The van der Waals surface area contributed by atoms with E-state index in [2.05, 4.69) is 29.4 Å². The number of aromatic nitrogens is 5. The number of likely N-dealkylation sites (tertiary alicyclic amines) is 1. The molecule has 1 saturated heterocycles. The molecule has 27 heavy (non-hydrogen) atoms. The van der Waals surface area contributed by atoms with Crippen molar-refractivity contribution >= 4 is 0 Å². The van der Waals surface area contributed by atoms with Crippen LogP contribution in [0.1, 0.15) is 35.8 Å². The van der Waals surface area contributed by atoms with Gasteiger partial charge < -0.3 is 9.30 Å². The van der Waals surface area contributed by atoms with E-state index in [4.69, 9.17) is 4.74 Å². The van der Waals surface area contributed by atoms with Crippen molar-refractivity contribution < 1.29 is 4.74 Å². The molecular weight excluding hydrogens is 340 g/mol. The van der Waals surface area contributed by atoms with Gasteiger partial charge in [-0.2, -0.15) is 0 Å². The van der Waals surface area contributed by atoms with Crippen molar-refractivity contribution in [1.82, 2.24) is 29.4 Å². The number of nitrogens with zero attached hydrogens (tertiary/aromatic N) is 6. The average Bonchev–Trinajstić information content (AvgIpc) is 3.09. The third-order valence-corrected chi connectivity index (χ3v) is 5.13. The average molecular weight is 364 g/mol. The molecule has 0 aromatic carbocycles. The Morgan fingerprint density at radius 3 is 2.67 bits per heavy atom. The van der Waals surface area contributed by atoms with Gasteiger partial charge in [-0.25, -0.2) is 9.97 Å². The standard InChI is InChI=1S/C20H24N6O/c1-15-18(4-3-7-22-15)27-20-19(23-8-9-24-20)16-5-10-26(11-6-16)13-17-12-21-14-25(17)2/h3-4,7-9,12,14,16H,5-6,10-11,13H2,1-2H3. The molecule has 0 bridgehead atoms. The maximum atomic E-state index is 6.06. The number of pyridine rings is 1. The molecule has 7 nitrogen and oxygen atoms in total. The molecule has 0 saturated carbocycles. The summed E-state index contributed by atoms with van der Waals surface area (Å²) in [4.78, 5) is 20.0. The van der Waals surface area contributed by atoms with E-state index in [9.17, 15) is 0 Å². The Morgan fingerprint density at radius 2 is 1.93 bits per heavy atom. The molecule has 0 amide bonds. The van der Waals surface area contributed by atoms with Gasteiger partial charge in [0.1, 0.15) is 5.69 Å². The molecule has 1 aliphatic rings. The summed E-state index contributed by atoms with van der Waals surface area (Å²) in [7, 11) is 2.04. The summed E-state index contributed by atoms with van der Waals surface area (Å²) in [6.45, 7) is 4.92. The predicted octanol–water partition coefficient (Wildman–Crippen LogP) is 3.09. The Morgan fingerprint density at radius 1 is 1.11 bits per heavy atom. The second-order valence-electron chi connectivity index (χ2n) is 6.98. The second-order valence-corrected chi connectivity index (χ2v) is 6.98. The fourth-order valence-corrected chi connectivity index (χ4v) is 3.51. The van der Waals surface area contributed by atoms with Crippen LogP contribution in [-0.2, 0) is 13.6 Å². The second kappa shape index (κ2) is 7.84. The first-order valence-corrected chi connectivity index (χ1v) is 9.28. The van der Waals surface area contributed by atoms with Crippen molar-refractivity contribution in [3.05, 3.63) is 60.3 Å². The van der Waals surface area contributed by atoms with E-state index in [1.807, 2.05) is 38.6 Å². The summed E-state index contributed by atoms with van der Waals surface area (Å²) in [5.74, 6) is 1.68. The van der Waals surface area contributed by atoms with Crippen LogP contribution < -0.4 is 4.74 Å². The zero-order chi connectivity index (χ0) is 18.6. The van der Waals surface area contributed by atoms with E-state index < -0.39 is 0 Å². The Balaban J connectivity index is 1.44. The Labute approximate surface area is 159 Å². The fourth-order valence-electron chi connectivity index (χ4n) is 3.51. The molecular formula is C20H24N6O. The molecule has 0 N–H and O–H groups in total. The number of hydrogen-bond donors (Lipinski definition) is 0. The van der Waals surface area contributed by atoms with E-state index in [1.54, 1.807) is 18.6 Å². The molecule has 0 unspecified atom stereocenters. The lowest BCUT2D eigenvalue weighted by molar-refractivity contribution is 0.198. The number of imidazole rings is 1. The number of aryl methyl sites for hydroxylation is 2. The lowest BCUT2D eigenvalue weighted by atomic mass is 9.93. The normalized spacial score (nSPS) is 15.8. The minimum atomic E-state index is 0.355. The number of ether oxygens (including phenoxy) is 1. The molecule has 140 valence electrons. The van der Waals surface area contributed by atoms with E-state index in [-0.39, 0.29) is 0 Å². The zero-order valence-electron chi connectivity index (χ0n) is 15.7. The summed E-state index contributed by atoms with van der Waals surface area (Å²) < 4.78 is 8.14. The van der Waals surface area contributed by atoms with Crippen molar-refractivity contribution in [2.24, 2.45) is 7.05 Å². The van der Waals surface area contributed by atoms with Crippen LogP contribution in [0.2, 0.25) is 0 Å². The molecule has 0 aliphatic carbocycles. The van der Waals surface area contributed by atoms with E-state index >= 15 is 0 Å². The summed E-state index contributed by atoms with van der Waals surface area (Å²) in [6.07, 6.45) is 11.1. The van der Waals surface area contributed by atoms with Gasteiger partial charge in [-0.1, -0.05) is 0 Å². The Bertz CT molecular complexity index is 901. The molecule has 4 rings (SSSR count). The summed E-state index contributed by atoms with van der Waals surface area (Å²) in [5.41, 5.74) is 3.03. The molecule has 3 aromatic rings. The summed E-state index contributed by atoms with van der Waals surface area (Å²) >= 11 is 0. The topological polar surface area (TPSA) is 69.0 Å². The molecule has 7 heteroatoms. The van der Waals surface area contributed by atoms with Crippen molar-refractivity contribution in [2.45, 2.75) is 32.2 Å². The quantitative estimate of drug-likeness (QED) is 0.693. The number of rotatable bonds is 5. The van der Waals surface area contributed by atoms with Crippen LogP contribution >= 0.6 is 0 Å². The van der Waals surface area contributed by atoms with Gasteiger partial charge in [-0.15, -0.1) is 0 Å². The van der Waals surface area contributed by atoms with E-state index in [1.165, 1.54) is 5.69 Å². The predicted molar refractivity (Wildman–Crippen MR) is 102 cm³/mol. The van der Waals surface area contributed by atoms with Gasteiger partial charge in [0.25, 0.3) is 0 Å². The van der Waals surface area contributed by atoms with Gasteiger partial charge in [-0.05, 0) is 45.0 Å². The van der Waals surface area contributed by atoms with Gasteiger partial charge in [0.2, 0.25) is 5.88 Å². The van der Waals surface area contributed by atoms with E-state index in [0.717, 1.165) is 49.6 Å². The molecule has 4 heterocycles. The third-order valence-electron chi connectivity index (χ3n) is 5.13. The van der Waals surface area contributed by atoms with Crippen LogP contribution in [0.4, 0.5) is 0 Å². The number of hydrogen-bond acceptors (Lipinski definition) is 6. The first kappa shape index (κ1) is 17.6. The minimum absolute atomic E-state index is 0.355.